The molecule has 10 heteroatoms. The van der Waals surface area contributed by atoms with E-state index in [1.165, 1.54) is 10.5 Å². The minimum Gasteiger partial charge on any atom is -0.341 e. The van der Waals surface area contributed by atoms with Gasteiger partial charge in [-0.3, -0.25) is 19.4 Å². The summed E-state index contributed by atoms with van der Waals surface area (Å²) in [5, 5.41) is 0. The highest BCUT2D eigenvalue weighted by atomic mass is 32.2. The number of rotatable bonds is 8. The number of Topliss-reactive ketones (excluding diaryl/α,β-unsaturated/α-hetero) is 1. The van der Waals surface area contributed by atoms with Crippen LogP contribution in [0.2, 0.25) is 0 Å². The van der Waals surface area contributed by atoms with Gasteiger partial charge in [-0.2, -0.15) is 4.31 Å². The first-order valence-corrected chi connectivity index (χ1v) is 15.1. The topological polar surface area (TPSA) is 108 Å². The van der Waals surface area contributed by atoms with E-state index < -0.39 is 28.0 Å². The number of hydrogen-bond donors (Lipinski definition) is 0. The third-order valence-electron chi connectivity index (χ3n) is 8.21. The average Bonchev–Trinajstić information content (AvgIpc) is 3.58. The minimum atomic E-state index is -3.77. The molecule has 5 unspecified atom stereocenters. The molecule has 4 heterocycles. The maximum absolute atomic E-state index is 13.8. The van der Waals surface area contributed by atoms with Gasteiger partial charge in [0.15, 0.2) is 5.78 Å². The van der Waals surface area contributed by atoms with E-state index in [9.17, 15) is 22.8 Å². The zero-order valence-electron chi connectivity index (χ0n) is 22.0. The SMILES string of the molecule is CC(C)CC(CC(=O)N1CC2C=CC=CC2C1)C(=O)N1CCC2C1C(=O)CN2S(=O)(=O)Cc1cccnc1. The molecule has 3 fully saturated rings. The number of carbonyl (C=O) groups excluding carboxylic acids is 3. The molecule has 2 amide bonds. The van der Waals surface area contributed by atoms with Gasteiger partial charge < -0.3 is 9.80 Å². The second kappa shape index (κ2) is 10.7. The van der Waals surface area contributed by atoms with Crippen molar-refractivity contribution in [1.29, 1.82) is 0 Å². The molecule has 1 aromatic heterocycles. The Morgan fingerprint density at radius 2 is 1.84 bits per heavy atom. The second-order valence-corrected chi connectivity index (χ2v) is 13.3. The average molecular weight is 541 g/mol. The van der Waals surface area contributed by atoms with Crippen molar-refractivity contribution in [2.75, 3.05) is 26.2 Å². The van der Waals surface area contributed by atoms with Crippen LogP contribution in [0, 0.1) is 23.7 Å². The van der Waals surface area contributed by atoms with Gasteiger partial charge in [0.2, 0.25) is 21.8 Å². The summed E-state index contributed by atoms with van der Waals surface area (Å²) in [6.07, 6.45) is 12.4. The second-order valence-electron chi connectivity index (χ2n) is 11.4. The number of nitrogens with zero attached hydrogens (tertiary/aromatic N) is 4. The van der Waals surface area contributed by atoms with Crippen LogP contribution in [0.5, 0.6) is 0 Å². The van der Waals surface area contributed by atoms with Gasteiger partial charge in [0.25, 0.3) is 0 Å². The van der Waals surface area contributed by atoms with Crippen LogP contribution in [0.15, 0.2) is 48.8 Å². The summed E-state index contributed by atoms with van der Waals surface area (Å²) < 4.78 is 27.7. The number of allylic oxidation sites excluding steroid dienone is 2. The van der Waals surface area contributed by atoms with Crippen LogP contribution in [0.1, 0.15) is 38.7 Å². The Labute approximate surface area is 224 Å². The molecule has 3 saturated heterocycles. The molecular formula is C28H36N4O5S. The fourth-order valence-electron chi connectivity index (χ4n) is 6.45. The number of amides is 2. The Hall–Kier alpha value is -2.85. The number of hydrogen-bond acceptors (Lipinski definition) is 6. The summed E-state index contributed by atoms with van der Waals surface area (Å²) in [5.74, 6) is -0.450. The van der Waals surface area contributed by atoms with E-state index in [0.29, 0.717) is 49.9 Å². The summed E-state index contributed by atoms with van der Waals surface area (Å²) in [7, 11) is -3.77. The van der Waals surface area contributed by atoms with Crippen molar-refractivity contribution in [2.24, 2.45) is 23.7 Å². The third-order valence-corrected chi connectivity index (χ3v) is 10.0. The summed E-state index contributed by atoms with van der Waals surface area (Å²) in [6.45, 7) is 5.43. The lowest BCUT2D eigenvalue weighted by Crippen LogP contribution is -2.47. The van der Waals surface area contributed by atoms with Crippen LogP contribution in [-0.4, -0.2) is 83.4 Å². The summed E-state index contributed by atoms with van der Waals surface area (Å²) in [6, 6.07) is 2.02. The third kappa shape index (κ3) is 5.33. The highest BCUT2D eigenvalue weighted by molar-refractivity contribution is 7.88. The van der Waals surface area contributed by atoms with Crippen LogP contribution < -0.4 is 0 Å². The molecule has 5 rings (SSSR count). The highest BCUT2D eigenvalue weighted by Crippen LogP contribution is 2.35. The molecule has 9 nitrogen and oxygen atoms in total. The van der Waals surface area contributed by atoms with Gasteiger partial charge in [-0.1, -0.05) is 44.2 Å². The fraction of sp³-hybridized carbons (Fsp3) is 0.571. The normalized spacial score (nSPS) is 27.7. The summed E-state index contributed by atoms with van der Waals surface area (Å²) in [4.78, 5) is 47.6. The first-order valence-electron chi connectivity index (χ1n) is 13.5. The van der Waals surface area contributed by atoms with Gasteiger partial charge in [-0.25, -0.2) is 8.42 Å². The van der Waals surface area contributed by atoms with Crippen molar-refractivity contribution in [3.63, 3.8) is 0 Å². The molecule has 0 bridgehead atoms. The van der Waals surface area contributed by atoms with Crippen molar-refractivity contribution < 1.29 is 22.8 Å². The van der Waals surface area contributed by atoms with E-state index in [0.717, 1.165) is 0 Å². The van der Waals surface area contributed by atoms with E-state index in [2.05, 4.69) is 17.1 Å². The zero-order valence-corrected chi connectivity index (χ0v) is 22.8. The fourth-order valence-corrected chi connectivity index (χ4v) is 8.17. The molecule has 0 saturated carbocycles. The monoisotopic (exact) mass is 540 g/mol. The first-order chi connectivity index (χ1) is 18.1. The number of ketones is 1. The first kappa shape index (κ1) is 26.7. The Bertz CT molecular complexity index is 1220. The number of aromatic nitrogens is 1. The maximum Gasteiger partial charge on any atom is 0.226 e. The van der Waals surface area contributed by atoms with Gasteiger partial charge >= 0.3 is 0 Å². The minimum absolute atomic E-state index is 0.0330. The Balaban J connectivity index is 1.28. The number of pyridine rings is 1. The molecule has 0 radical (unpaired) electrons. The van der Waals surface area contributed by atoms with Crippen molar-refractivity contribution in [2.45, 2.75) is 50.9 Å². The van der Waals surface area contributed by atoms with E-state index >= 15 is 0 Å². The quantitative estimate of drug-likeness (QED) is 0.499. The van der Waals surface area contributed by atoms with Gasteiger partial charge in [0, 0.05) is 56.2 Å². The lowest BCUT2D eigenvalue weighted by atomic mass is 9.91. The standard InChI is InChI=1S/C28H36N4O5S/c1-19(2)12-23(13-26(34)30-15-21-7-3-4-8-22(21)16-30)28(35)31-11-9-24-27(31)25(33)17-32(24)38(36,37)18-20-6-5-10-29-14-20/h3-8,10,14,19,21-24,27H,9,11-13,15-18H2,1-2H3. The number of likely N-dealkylation sites (tertiary alicyclic amines) is 2. The lowest BCUT2D eigenvalue weighted by Gasteiger charge is -2.29. The van der Waals surface area contributed by atoms with Crippen LogP contribution in [0.25, 0.3) is 0 Å². The van der Waals surface area contributed by atoms with Crippen molar-refractivity contribution in [1.82, 2.24) is 19.1 Å². The largest absolute Gasteiger partial charge is 0.341 e. The smallest absolute Gasteiger partial charge is 0.226 e. The van der Waals surface area contributed by atoms with Gasteiger partial charge in [-0.15, -0.1) is 0 Å². The van der Waals surface area contributed by atoms with Gasteiger partial charge in [-0.05, 0) is 30.4 Å². The van der Waals surface area contributed by atoms with E-state index in [4.69, 9.17) is 0 Å². The lowest BCUT2D eigenvalue weighted by molar-refractivity contribution is -0.144. The van der Waals surface area contributed by atoms with E-state index in [1.807, 2.05) is 30.9 Å². The predicted molar refractivity (Wildman–Crippen MR) is 142 cm³/mol. The molecule has 38 heavy (non-hydrogen) atoms. The molecule has 0 spiro atoms. The molecule has 0 aromatic carbocycles. The molecule has 4 aliphatic rings. The van der Waals surface area contributed by atoms with Crippen LogP contribution in [0.4, 0.5) is 0 Å². The summed E-state index contributed by atoms with van der Waals surface area (Å²) in [5.41, 5.74) is 0.553. The Morgan fingerprint density at radius 3 is 2.47 bits per heavy atom. The van der Waals surface area contributed by atoms with Crippen LogP contribution >= 0.6 is 0 Å². The van der Waals surface area contributed by atoms with Crippen molar-refractivity contribution in [3.8, 4) is 0 Å². The zero-order chi connectivity index (χ0) is 27.0. The maximum atomic E-state index is 13.8. The molecule has 1 aliphatic carbocycles. The van der Waals surface area contributed by atoms with Crippen LogP contribution in [0.3, 0.4) is 0 Å². The van der Waals surface area contributed by atoms with Crippen LogP contribution in [-0.2, 0) is 30.2 Å². The van der Waals surface area contributed by atoms with Crippen molar-refractivity contribution >= 4 is 27.6 Å². The molecule has 0 N–H and O–H groups in total. The number of fused-ring (bicyclic) bond motifs is 2. The van der Waals surface area contributed by atoms with E-state index in [-0.39, 0.29) is 42.2 Å². The Kier molecular flexibility index (Phi) is 7.55. The highest BCUT2D eigenvalue weighted by Gasteiger charge is 2.54. The van der Waals surface area contributed by atoms with Gasteiger partial charge in [0.1, 0.15) is 6.04 Å². The Morgan fingerprint density at radius 1 is 1.13 bits per heavy atom. The molecule has 1 aromatic rings. The van der Waals surface area contributed by atoms with Gasteiger partial charge in [0.05, 0.1) is 18.3 Å². The predicted octanol–water partition coefficient (Wildman–Crippen LogP) is 2.02. The molecule has 5 atom stereocenters. The molecule has 3 aliphatic heterocycles. The number of sulfonamides is 1. The molecule has 204 valence electrons. The molecular weight excluding hydrogens is 504 g/mol. The number of carbonyl (C=O) groups is 3. The summed E-state index contributed by atoms with van der Waals surface area (Å²) >= 11 is 0. The van der Waals surface area contributed by atoms with Crippen molar-refractivity contribution in [3.05, 3.63) is 54.4 Å². The van der Waals surface area contributed by atoms with E-state index in [1.54, 1.807) is 23.2 Å².